The van der Waals surface area contributed by atoms with Crippen LogP contribution in [0.1, 0.15) is 28.8 Å². The zero-order valence-electron chi connectivity index (χ0n) is 11.4. The number of nitrogens with one attached hydrogen (secondary N) is 2. The molecular formula is C15H17FN4. The van der Waals surface area contributed by atoms with Crippen LogP contribution in [0.2, 0.25) is 0 Å². The Kier molecular flexibility index (Phi) is 4.85. The largest absolute Gasteiger partial charge is 0.313 e. The van der Waals surface area contributed by atoms with Gasteiger partial charge in [0.15, 0.2) is 0 Å². The van der Waals surface area contributed by atoms with Gasteiger partial charge in [-0.1, -0.05) is 6.07 Å². The molecular weight excluding hydrogens is 255 g/mol. The van der Waals surface area contributed by atoms with Gasteiger partial charge in [0.25, 0.3) is 0 Å². The van der Waals surface area contributed by atoms with Gasteiger partial charge in [-0.25, -0.2) is 4.39 Å². The van der Waals surface area contributed by atoms with Gasteiger partial charge in [-0.2, -0.15) is 10.4 Å². The standard InChI is InChI=1S/C15H17FN4/c1-11-13(10-19-20-11)3-2-6-18-9-12-4-5-15(16)14(7-12)8-17/h4-5,7,10,18H,2-3,6,9H2,1H3,(H,19,20). The highest BCUT2D eigenvalue weighted by Gasteiger charge is 2.03. The van der Waals surface area contributed by atoms with E-state index in [1.807, 2.05) is 19.2 Å². The highest BCUT2D eigenvalue weighted by atomic mass is 19.1. The molecule has 1 aromatic heterocycles. The third-order valence-corrected chi connectivity index (χ3v) is 3.21. The number of rotatable bonds is 6. The third kappa shape index (κ3) is 3.65. The van der Waals surface area contributed by atoms with E-state index in [1.54, 1.807) is 12.1 Å². The molecule has 5 heteroatoms. The van der Waals surface area contributed by atoms with Gasteiger partial charge in [0.1, 0.15) is 11.9 Å². The molecule has 0 aliphatic heterocycles. The first-order chi connectivity index (χ1) is 9.70. The maximum atomic E-state index is 13.2. The summed E-state index contributed by atoms with van der Waals surface area (Å²) in [4.78, 5) is 0. The van der Waals surface area contributed by atoms with Crippen LogP contribution in [0.15, 0.2) is 24.4 Å². The number of nitrogens with zero attached hydrogens (tertiary/aromatic N) is 2. The average molecular weight is 272 g/mol. The number of hydrogen-bond acceptors (Lipinski definition) is 3. The fraction of sp³-hybridized carbons (Fsp3) is 0.333. The molecule has 104 valence electrons. The van der Waals surface area contributed by atoms with Crippen molar-refractivity contribution in [2.75, 3.05) is 6.54 Å². The molecule has 0 aliphatic carbocycles. The van der Waals surface area contributed by atoms with Crippen molar-refractivity contribution in [3.63, 3.8) is 0 Å². The topological polar surface area (TPSA) is 64.5 Å². The Morgan fingerprint density at radius 1 is 1.45 bits per heavy atom. The summed E-state index contributed by atoms with van der Waals surface area (Å²) in [6.45, 7) is 3.51. The Morgan fingerprint density at radius 2 is 2.30 bits per heavy atom. The van der Waals surface area contributed by atoms with E-state index in [0.29, 0.717) is 6.54 Å². The summed E-state index contributed by atoms with van der Waals surface area (Å²) in [6.07, 6.45) is 3.84. The lowest BCUT2D eigenvalue weighted by molar-refractivity contribution is 0.619. The van der Waals surface area contributed by atoms with Crippen molar-refractivity contribution < 1.29 is 4.39 Å². The summed E-state index contributed by atoms with van der Waals surface area (Å²) in [7, 11) is 0. The molecule has 0 saturated heterocycles. The Bertz CT molecular complexity index is 613. The zero-order valence-corrected chi connectivity index (χ0v) is 11.4. The second-order valence-electron chi connectivity index (χ2n) is 4.73. The molecule has 0 fully saturated rings. The van der Waals surface area contributed by atoms with E-state index < -0.39 is 5.82 Å². The van der Waals surface area contributed by atoms with Crippen LogP contribution in [0, 0.1) is 24.1 Å². The predicted molar refractivity (Wildman–Crippen MR) is 74.5 cm³/mol. The molecule has 1 aromatic carbocycles. The number of aromatic amines is 1. The van der Waals surface area contributed by atoms with Crippen molar-refractivity contribution in [1.82, 2.24) is 15.5 Å². The Labute approximate surface area is 117 Å². The van der Waals surface area contributed by atoms with Gasteiger partial charge in [0.05, 0.1) is 11.8 Å². The summed E-state index contributed by atoms with van der Waals surface area (Å²) >= 11 is 0. The molecule has 0 aliphatic rings. The van der Waals surface area contributed by atoms with Crippen molar-refractivity contribution >= 4 is 0 Å². The molecule has 0 amide bonds. The normalized spacial score (nSPS) is 10.4. The molecule has 0 spiro atoms. The highest BCUT2D eigenvalue weighted by Crippen LogP contribution is 2.09. The molecule has 2 N–H and O–H groups in total. The van der Waals surface area contributed by atoms with Crippen LogP contribution in [-0.2, 0) is 13.0 Å². The minimum Gasteiger partial charge on any atom is -0.313 e. The van der Waals surface area contributed by atoms with E-state index in [2.05, 4.69) is 15.5 Å². The smallest absolute Gasteiger partial charge is 0.140 e. The van der Waals surface area contributed by atoms with E-state index >= 15 is 0 Å². The number of nitriles is 1. The van der Waals surface area contributed by atoms with Crippen LogP contribution < -0.4 is 5.32 Å². The second-order valence-corrected chi connectivity index (χ2v) is 4.73. The van der Waals surface area contributed by atoms with Gasteiger partial charge in [0.2, 0.25) is 0 Å². The number of aromatic nitrogens is 2. The van der Waals surface area contributed by atoms with Crippen molar-refractivity contribution in [3.8, 4) is 6.07 Å². The number of benzene rings is 1. The van der Waals surface area contributed by atoms with Crippen molar-refractivity contribution in [2.45, 2.75) is 26.3 Å². The SMILES string of the molecule is Cc1[nH]ncc1CCCNCc1ccc(F)c(C#N)c1. The molecule has 1 heterocycles. The van der Waals surface area contributed by atoms with Crippen LogP contribution in [0.25, 0.3) is 0 Å². The van der Waals surface area contributed by atoms with Crippen LogP contribution in [0.4, 0.5) is 4.39 Å². The molecule has 0 unspecified atom stereocenters. The summed E-state index contributed by atoms with van der Waals surface area (Å²) in [5.41, 5.74) is 3.36. The molecule has 4 nitrogen and oxygen atoms in total. The van der Waals surface area contributed by atoms with Crippen molar-refractivity contribution in [2.24, 2.45) is 0 Å². The lowest BCUT2D eigenvalue weighted by Crippen LogP contribution is -2.15. The third-order valence-electron chi connectivity index (χ3n) is 3.21. The summed E-state index contributed by atoms with van der Waals surface area (Å²) in [5.74, 6) is -0.466. The van der Waals surface area contributed by atoms with Crippen molar-refractivity contribution in [3.05, 3.63) is 52.6 Å². The minimum absolute atomic E-state index is 0.0957. The minimum atomic E-state index is -0.466. The molecule has 2 aromatic rings. The summed E-state index contributed by atoms with van der Waals surface area (Å²) in [5, 5.41) is 19.0. The molecule has 0 radical (unpaired) electrons. The Morgan fingerprint density at radius 3 is 3.00 bits per heavy atom. The summed E-state index contributed by atoms with van der Waals surface area (Å²) in [6, 6.07) is 6.47. The van der Waals surface area contributed by atoms with Gasteiger partial charge in [-0.15, -0.1) is 0 Å². The number of H-pyrrole nitrogens is 1. The molecule has 0 saturated carbocycles. The van der Waals surface area contributed by atoms with Gasteiger partial charge in [-0.05, 0) is 49.6 Å². The van der Waals surface area contributed by atoms with E-state index in [-0.39, 0.29) is 5.56 Å². The van der Waals surface area contributed by atoms with Gasteiger partial charge < -0.3 is 5.32 Å². The fourth-order valence-corrected chi connectivity index (χ4v) is 2.03. The molecule has 0 atom stereocenters. The van der Waals surface area contributed by atoms with Crippen LogP contribution in [0.5, 0.6) is 0 Å². The first-order valence-electron chi connectivity index (χ1n) is 6.59. The quantitative estimate of drug-likeness (QED) is 0.794. The zero-order chi connectivity index (χ0) is 14.4. The Hall–Kier alpha value is -2.19. The summed E-state index contributed by atoms with van der Waals surface area (Å²) < 4.78 is 13.2. The highest BCUT2D eigenvalue weighted by molar-refractivity contribution is 5.34. The van der Waals surface area contributed by atoms with E-state index in [4.69, 9.17) is 5.26 Å². The molecule has 0 bridgehead atoms. The lowest BCUT2D eigenvalue weighted by Gasteiger charge is -2.05. The number of hydrogen-bond donors (Lipinski definition) is 2. The number of aryl methyl sites for hydroxylation is 2. The maximum absolute atomic E-state index is 13.2. The van der Waals surface area contributed by atoms with Crippen LogP contribution >= 0.6 is 0 Å². The van der Waals surface area contributed by atoms with Gasteiger partial charge in [0, 0.05) is 12.2 Å². The Balaban J connectivity index is 1.74. The monoisotopic (exact) mass is 272 g/mol. The van der Waals surface area contributed by atoms with E-state index in [1.165, 1.54) is 11.6 Å². The predicted octanol–water partition coefficient (Wildman–Crippen LogP) is 2.45. The average Bonchev–Trinajstić information content (AvgIpc) is 2.86. The second kappa shape index (κ2) is 6.83. The maximum Gasteiger partial charge on any atom is 0.140 e. The molecule has 20 heavy (non-hydrogen) atoms. The van der Waals surface area contributed by atoms with E-state index in [9.17, 15) is 4.39 Å². The van der Waals surface area contributed by atoms with Crippen LogP contribution in [0.3, 0.4) is 0 Å². The van der Waals surface area contributed by atoms with Crippen molar-refractivity contribution in [1.29, 1.82) is 5.26 Å². The molecule has 2 rings (SSSR count). The van der Waals surface area contributed by atoms with Crippen LogP contribution in [-0.4, -0.2) is 16.7 Å². The van der Waals surface area contributed by atoms with Gasteiger partial charge in [-0.3, -0.25) is 5.10 Å². The fourth-order valence-electron chi connectivity index (χ4n) is 2.03. The van der Waals surface area contributed by atoms with E-state index in [0.717, 1.165) is 30.6 Å². The number of halogens is 1. The first kappa shape index (κ1) is 14.2. The van der Waals surface area contributed by atoms with Gasteiger partial charge >= 0.3 is 0 Å². The lowest BCUT2D eigenvalue weighted by atomic mass is 10.1. The first-order valence-corrected chi connectivity index (χ1v) is 6.59.